The average Bonchev–Trinajstić information content (AvgIpc) is 3.15. The number of guanidine groups is 1. The van der Waals surface area contributed by atoms with Gasteiger partial charge >= 0.3 is 0 Å². The summed E-state index contributed by atoms with van der Waals surface area (Å²) in [5.74, 6) is 1.51. The molecular formula is C17H33IN6O. The zero-order valence-electron chi connectivity index (χ0n) is 15.6. The fraction of sp³-hybridized carbons (Fsp3) is 0.765. The lowest BCUT2D eigenvalue weighted by Gasteiger charge is -2.39. The summed E-state index contributed by atoms with van der Waals surface area (Å²) in [6.45, 7) is 9.86. The molecule has 1 fully saturated rings. The Hall–Kier alpha value is -0.870. The molecule has 144 valence electrons. The van der Waals surface area contributed by atoms with Gasteiger partial charge in [0.1, 0.15) is 0 Å². The number of ether oxygens (including phenoxy) is 1. The molecule has 8 heteroatoms. The topological polar surface area (TPSA) is 77.6 Å². The van der Waals surface area contributed by atoms with Crippen LogP contribution in [0.2, 0.25) is 0 Å². The van der Waals surface area contributed by atoms with Gasteiger partial charge in [0.2, 0.25) is 0 Å². The minimum absolute atomic E-state index is 0. The van der Waals surface area contributed by atoms with Crippen molar-refractivity contribution in [3.8, 4) is 0 Å². The van der Waals surface area contributed by atoms with Gasteiger partial charge in [0.15, 0.2) is 5.96 Å². The van der Waals surface area contributed by atoms with E-state index in [-0.39, 0.29) is 24.0 Å². The first-order valence-electron chi connectivity index (χ1n) is 9.03. The standard InChI is InChI=1S/C17H32N6O.HI/c1-4-14(5-2)16(23-8-10-24-11-9-23)13-20-17(18-3)19-12-15-6-7-21-22-15;/h6-7,14,16H,4-5,8-13H2,1-3H3,(H,21,22)(H2,18,19,20);1H. The highest BCUT2D eigenvalue weighted by Gasteiger charge is 2.26. The largest absolute Gasteiger partial charge is 0.379 e. The van der Waals surface area contributed by atoms with Gasteiger partial charge in [-0.3, -0.25) is 15.0 Å². The van der Waals surface area contributed by atoms with Gasteiger partial charge in [-0.15, -0.1) is 24.0 Å². The van der Waals surface area contributed by atoms with Crippen LogP contribution in [0.1, 0.15) is 32.4 Å². The van der Waals surface area contributed by atoms with Gasteiger partial charge in [-0.2, -0.15) is 5.10 Å². The molecule has 0 bridgehead atoms. The first-order valence-corrected chi connectivity index (χ1v) is 9.03. The number of aromatic nitrogens is 2. The van der Waals surface area contributed by atoms with E-state index >= 15 is 0 Å². The van der Waals surface area contributed by atoms with Crippen LogP contribution in [-0.4, -0.2) is 67.0 Å². The Kier molecular flexibility index (Phi) is 11.1. The summed E-state index contributed by atoms with van der Waals surface area (Å²) in [5, 5.41) is 13.7. The summed E-state index contributed by atoms with van der Waals surface area (Å²) in [6.07, 6.45) is 4.15. The maximum absolute atomic E-state index is 5.52. The van der Waals surface area contributed by atoms with Gasteiger partial charge in [-0.1, -0.05) is 26.7 Å². The third-order valence-corrected chi connectivity index (χ3v) is 4.81. The molecule has 1 aliphatic rings. The van der Waals surface area contributed by atoms with Gasteiger partial charge < -0.3 is 15.4 Å². The molecule has 0 amide bonds. The number of hydrogen-bond donors (Lipinski definition) is 3. The lowest BCUT2D eigenvalue weighted by Crippen LogP contribution is -2.53. The first kappa shape index (κ1) is 22.2. The summed E-state index contributed by atoms with van der Waals surface area (Å²) in [7, 11) is 1.81. The van der Waals surface area contributed by atoms with E-state index in [1.165, 1.54) is 12.8 Å². The van der Waals surface area contributed by atoms with Crippen molar-refractivity contribution in [3.63, 3.8) is 0 Å². The lowest BCUT2D eigenvalue weighted by molar-refractivity contribution is 0.00272. The number of nitrogens with zero attached hydrogens (tertiary/aromatic N) is 3. The molecule has 2 rings (SSSR count). The molecule has 25 heavy (non-hydrogen) atoms. The SMILES string of the molecule is CCC(CC)C(CNC(=NC)NCc1ccn[nH]1)N1CCOCC1.I. The maximum Gasteiger partial charge on any atom is 0.191 e. The number of aromatic amines is 1. The second-order valence-electron chi connectivity index (χ2n) is 6.18. The van der Waals surface area contributed by atoms with E-state index in [1.807, 2.05) is 13.1 Å². The van der Waals surface area contributed by atoms with E-state index in [0.29, 0.717) is 18.5 Å². The van der Waals surface area contributed by atoms with Gasteiger partial charge in [-0.05, 0) is 12.0 Å². The lowest BCUT2D eigenvalue weighted by atomic mass is 9.92. The highest BCUT2D eigenvalue weighted by atomic mass is 127. The smallest absolute Gasteiger partial charge is 0.191 e. The number of morpholine rings is 1. The molecule has 1 atom stereocenters. The van der Waals surface area contributed by atoms with Gasteiger partial charge in [0.25, 0.3) is 0 Å². The monoisotopic (exact) mass is 464 g/mol. The molecule has 2 heterocycles. The van der Waals surface area contributed by atoms with Gasteiger partial charge in [0.05, 0.1) is 25.5 Å². The molecule has 3 N–H and O–H groups in total. The Morgan fingerprint density at radius 2 is 2.04 bits per heavy atom. The second kappa shape index (κ2) is 12.5. The van der Waals surface area contributed by atoms with E-state index in [0.717, 1.165) is 44.5 Å². The zero-order chi connectivity index (χ0) is 17.2. The van der Waals surface area contributed by atoms with Crippen LogP contribution in [-0.2, 0) is 11.3 Å². The molecule has 0 radical (unpaired) electrons. The predicted molar refractivity (Wildman–Crippen MR) is 112 cm³/mol. The van der Waals surface area contributed by atoms with E-state index in [9.17, 15) is 0 Å². The van der Waals surface area contributed by atoms with Crippen LogP contribution >= 0.6 is 24.0 Å². The molecule has 1 aliphatic heterocycles. The highest BCUT2D eigenvalue weighted by Crippen LogP contribution is 2.19. The van der Waals surface area contributed by atoms with Crippen LogP contribution < -0.4 is 10.6 Å². The van der Waals surface area contributed by atoms with E-state index in [2.05, 4.69) is 44.6 Å². The summed E-state index contributed by atoms with van der Waals surface area (Å²) < 4.78 is 5.52. The second-order valence-corrected chi connectivity index (χ2v) is 6.18. The molecule has 1 unspecified atom stereocenters. The van der Waals surface area contributed by atoms with E-state index in [4.69, 9.17) is 4.74 Å². The number of nitrogens with one attached hydrogen (secondary N) is 3. The molecule has 7 nitrogen and oxygen atoms in total. The van der Waals surface area contributed by atoms with Gasteiger partial charge in [0, 0.05) is 38.9 Å². The Labute approximate surface area is 168 Å². The van der Waals surface area contributed by atoms with Crippen LogP contribution in [0, 0.1) is 5.92 Å². The molecule has 1 aromatic rings. The average molecular weight is 464 g/mol. The maximum atomic E-state index is 5.52. The minimum atomic E-state index is 0. The quantitative estimate of drug-likeness (QED) is 0.311. The summed E-state index contributed by atoms with van der Waals surface area (Å²) in [5.41, 5.74) is 1.04. The van der Waals surface area contributed by atoms with Crippen molar-refractivity contribution in [1.29, 1.82) is 0 Å². The fourth-order valence-electron chi connectivity index (χ4n) is 3.32. The third-order valence-electron chi connectivity index (χ3n) is 4.81. The van der Waals surface area contributed by atoms with Crippen LogP contribution in [0.5, 0.6) is 0 Å². The number of halogens is 1. The van der Waals surface area contributed by atoms with Crippen molar-refractivity contribution in [2.75, 3.05) is 39.9 Å². The summed E-state index contributed by atoms with van der Waals surface area (Å²) in [4.78, 5) is 6.90. The normalized spacial score (nSPS) is 17.2. The minimum Gasteiger partial charge on any atom is -0.379 e. The van der Waals surface area contributed by atoms with E-state index < -0.39 is 0 Å². The fourth-order valence-corrected chi connectivity index (χ4v) is 3.32. The van der Waals surface area contributed by atoms with Crippen molar-refractivity contribution in [2.45, 2.75) is 39.3 Å². The molecule has 1 aromatic heterocycles. The van der Waals surface area contributed by atoms with Crippen LogP contribution in [0.15, 0.2) is 17.3 Å². The van der Waals surface area contributed by atoms with Crippen LogP contribution in [0.25, 0.3) is 0 Å². The van der Waals surface area contributed by atoms with E-state index in [1.54, 1.807) is 6.20 Å². The van der Waals surface area contributed by atoms with Crippen LogP contribution in [0.3, 0.4) is 0 Å². The first-order chi connectivity index (χ1) is 11.8. The molecule has 0 saturated carbocycles. The molecular weight excluding hydrogens is 431 g/mol. The molecule has 0 spiro atoms. The Morgan fingerprint density at radius 3 is 2.60 bits per heavy atom. The summed E-state index contributed by atoms with van der Waals surface area (Å²) in [6, 6.07) is 2.47. The van der Waals surface area contributed by atoms with Crippen molar-refractivity contribution in [1.82, 2.24) is 25.7 Å². The molecule has 1 saturated heterocycles. The predicted octanol–water partition coefficient (Wildman–Crippen LogP) is 1.83. The Morgan fingerprint density at radius 1 is 1.32 bits per heavy atom. The Bertz CT molecular complexity index is 471. The molecule has 0 aliphatic carbocycles. The van der Waals surface area contributed by atoms with Crippen molar-refractivity contribution >= 4 is 29.9 Å². The summed E-state index contributed by atoms with van der Waals surface area (Å²) >= 11 is 0. The molecule has 0 aromatic carbocycles. The van der Waals surface area contributed by atoms with Gasteiger partial charge in [-0.25, -0.2) is 0 Å². The van der Waals surface area contributed by atoms with Crippen LogP contribution in [0.4, 0.5) is 0 Å². The number of H-pyrrole nitrogens is 1. The number of hydrogen-bond acceptors (Lipinski definition) is 4. The van der Waals surface area contributed by atoms with Crippen molar-refractivity contribution in [3.05, 3.63) is 18.0 Å². The van der Waals surface area contributed by atoms with Crippen molar-refractivity contribution < 1.29 is 4.74 Å². The number of aliphatic imine (C=N–C) groups is 1. The number of rotatable bonds is 8. The highest BCUT2D eigenvalue weighted by molar-refractivity contribution is 14.0. The third kappa shape index (κ3) is 7.10. The zero-order valence-corrected chi connectivity index (χ0v) is 18.0. The van der Waals surface area contributed by atoms with Crippen molar-refractivity contribution in [2.24, 2.45) is 10.9 Å². The Balaban J connectivity index is 0.00000312.